The van der Waals surface area contributed by atoms with Crippen molar-refractivity contribution in [2.45, 2.75) is 6.54 Å². The lowest BCUT2D eigenvalue weighted by molar-refractivity contribution is 0.828. The monoisotopic (exact) mass is 391 g/mol. The minimum Gasteiger partial charge on any atom is -0.342 e. The highest BCUT2D eigenvalue weighted by Crippen LogP contribution is 2.24. The van der Waals surface area contributed by atoms with Gasteiger partial charge in [0.2, 0.25) is 0 Å². The van der Waals surface area contributed by atoms with Crippen LogP contribution in [-0.4, -0.2) is 14.1 Å². The smallest absolute Gasteiger partial charge is 0.261 e. The van der Waals surface area contributed by atoms with Crippen LogP contribution in [0.1, 0.15) is 17.0 Å². The molecule has 5 rings (SSSR count). The van der Waals surface area contributed by atoms with Crippen LogP contribution < -0.4 is 5.56 Å². The lowest BCUT2D eigenvalue weighted by Crippen LogP contribution is -2.20. The van der Waals surface area contributed by atoms with Crippen molar-refractivity contribution >= 4 is 34.0 Å². The van der Waals surface area contributed by atoms with Crippen LogP contribution in [0.25, 0.3) is 34.0 Å². The number of benzene rings is 3. The molecule has 0 bridgehead atoms. The summed E-state index contributed by atoms with van der Waals surface area (Å²) in [4.78, 5) is 17.3. The maximum atomic E-state index is 12.7. The molecule has 0 atom stereocenters. The van der Waals surface area contributed by atoms with Crippen molar-refractivity contribution in [3.8, 4) is 0 Å². The van der Waals surface area contributed by atoms with Crippen LogP contribution in [0.3, 0.4) is 0 Å². The summed E-state index contributed by atoms with van der Waals surface area (Å²) in [5, 5.41) is 1.81. The number of fused-ring (bicyclic) bond motifs is 2. The van der Waals surface area contributed by atoms with Crippen molar-refractivity contribution in [3.63, 3.8) is 0 Å². The highest BCUT2D eigenvalue weighted by atomic mass is 16.1. The zero-order valence-corrected chi connectivity index (χ0v) is 16.7. The summed E-state index contributed by atoms with van der Waals surface area (Å²) < 4.78 is 3.86. The first-order valence-electron chi connectivity index (χ1n) is 9.96. The van der Waals surface area contributed by atoms with Gasteiger partial charge in [-0.1, -0.05) is 60.7 Å². The summed E-state index contributed by atoms with van der Waals surface area (Å²) in [6.45, 7) is 0.807. The molecule has 30 heavy (non-hydrogen) atoms. The van der Waals surface area contributed by atoms with Gasteiger partial charge in [-0.25, -0.2) is 4.98 Å². The Bertz CT molecular complexity index is 1440. The second-order valence-electron chi connectivity index (χ2n) is 7.40. The summed E-state index contributed by atoms with van der Waals surface area (Å²) in [7, 11) is 1.76. The van der Waals surface area contributed by atoms with E-state index in [0.29, 0.717) is 16.7 Å². The van der Waals surface area contributed by atoms with E-state index in [2.05, 4.69) is 64.3 Å². The second-order valence-corrected chi connectivity index (χ2v) is 7.40. The molecule has 0 aliphatic rings. The molecular formula is C26H21N3O. The molecule has 0 N–H and O–H groups in total. The Morgan fingerprint density at radius 1 is 0.833 bits per heavy atom. The summed E-state index contributed by atoms with van der Waals surface area (Å²) in [6, 6.07) is 26.3. The SMILES string of the molecule is Cn1c(/C=C\c2cn(Cc3ccccc3)c3ccccc23)nc2ccccc2c1=O. The standard InChI is InChI=1S/C26H21N3O/c1-28-25(27-23-13-7-5-12-22(23)26(28)30)16-15-20-18-29(17-19-9-3-2-4-10-19)24-14-8-6-11-21(20)24/h2-16,18H,17H2,1H3/b16-15-. The molecule has 2 aromatic heterocycles. The fourth-order valence-corrected chi connectivity index (χ4v) is 3.87. The Morgan fingerprint density at radius 2 is 1.53 bits per heavy atom. The summed E-state index contributed by atoms with van der Waals surface area (Å²) >= 11 is 0. The van der Waals surface area contributed by atoms with E-state index >= 15 is 0 Å². The first kappa shape index (κ1) is 18.1. The van der Waals surface area contributed by atoms with Gasteiger partial charge in [0, 0.05) is 36.3 Å². The lowest BCUT2D eigenvalue weighted by atomic mass is 10.1. The Hall–Kier alpha value is -3.92. The van der Waals surface area contributed by atoms with Crippen LogP contribution in [0.2, 0.25) is 0 Å². The maximum absolute atomic E-state index is 12.7. The van der Waals surface area contributed by atoms with Crippen LogP contribution in [-0.2, 0) is 13.6 Å². The first-order valence-corrected chi connectivity index (χ1v) is 9.96. The van der Waals surface area contributed by atoms with Crippen molar-refractivity contribution in [2.75, 3.05) is 0 Å². The largest absolute Gasteiger partial charge is 0.342 e. The van der Waals surface area contributed by atoms with E-state index in [1.807, 2.05) is 42.5 Å². The molecule has 4 heteroatoms. The zero-order chi connectivity index (χ0) is 20.5. The quantitative estimate of drug-likeness (QED) is 0.427. The van der Waals surface area contributed by atoms with Gasteiger partial charge in [-0.2, -0.15) is 0 Å². The predicted molar refractivity (Wildman–Crippen MR) is 123 cm³/mol. The van der Waals surface area contributed by atoms with E-state index in [0.717, 1.165) is 12.1 Å². The number of para-hydroxylation sites is 2. The Balaban J connectivity index is 1.58. The van der Waals surface area contributed by atoms with Crippen molar-refractivity contribution in [3.05, 3.63) is 112 Å². The molecule has 0 aliphatic carbocycles. The fraction of sp³-hybridized carbons (Fsp3) is 0.0769. The second kappa shape index (κ2) is 7.48. The number of aromatic nitrogens is 3. The first-order chi connectivity index (χ1) is 14.7. The van der Waals surface area contributed by atoms with Gasteiger partial charge >= 0.3 is 0 Å². The number of nitrogens with zero attached hydrogens (tertiary/aromatic N) is 3. The van der Waals surface area contributed by atoms with Crippen LogP contribution in [0.5, 0.6) is 0 Å². The number of hydrogen-bond donors (Lipinski definition) is 0. The molecular weight excluding hydrogens is 370 g/mol. The molecule has 0 spiro atoms. The van der Waals surface area contributed by atoms with Crippen LogP contribution >= 0.6 is 0 Å². The molecule has 0 radical (unpaired) electrons. The van der Waals surface area contributed by atoms with Crippen LogP contribution in [0.15, 0.2) is 89.9 Å². The Morgan fingerprint density at radius 3 is 2.37 bits per heavy atom. The van der Waals surface area contributed by atoms with Gasteiger partial charge in [0.15, 0.2) is 0 Å². The fourth-order valence-electron chi connectivity index (χ4n) is 3.87. The maximum Gasteiger partial charge on any atom is 0.261 e. The average molecular weight is 391 g/mol. The van der Waals surface area contributed by atoms with Crippen LogP contribution in [0.4, 0.5) is 0 Å². The van der Waals surface area contributed by atoms with Crippen LogP contribution in [0, 0.1) is 0 Å². The van der Waals surface area contributed by atoms with Crippen molar-refractivity contribution in [1.82, 2.24) is 14.1 Å². The van der Waals surface area contributed by atoms with E-state index in [1.54, 1.807) is 11.6 Å². The third-order valence-electron chi connectivity index (χ3n) is 5.44. The molecule has 4 nitrogen and oxygen atoms in total. The topological polar surface area (TPSA) is 39.8 Å². The van der Waals surface area contributed by atoms with Gasteiger partial charge in [-0.15, -0.1) is 0 Å². The highest BCUT2D eigenvalue weighted by Gasteiger charge is 2.08. The van der Waals surface area contributed by atoms with E-state index < -0.39 is 0 Å². The Labute approximate surface area is 174 Å². The van der Waals surface area contributed by atoms with E-state index in [9.17, 15) is 4.79 Å². The molecule has 0 amide bonds. The van der Waals surface area contributed by atoms with Gasteiger partial charge in [-0.3, -0.25) is 9.36 Å². The molecule has 3 aromatic carbocycles. The molecule has 0 fully saturated rings. The van der Waals surface area contributed by atoms with Crippen molar-refractivity contribution in [1.29, 1.82) is 0 Å². The van der Waals surface area contributed by atoms with Gasteiger partial charge in [-0.05, 0) is 35.9 Å². The third-order valence-corrected chi connectivity index (χ3v) is 5.44. The van der Waals surface area contributed by atoms with E-state index in [4.69, 9.17) is 0 Å². The highest BCUT2D eigenvalue weighted by molar-refractivity contribution is 5.92. The molecule has 0 aliphatic heterocycles. The van der Waals surface area contributed by atoms with E-state index in [-0.39, 0.29) is 5.56 Å². The molecule has 0 saturated carbocycles. The normalized spacial score (nSPS) is 11.6. The number of hydrogen-bond acceptors (Lipinski definition) is 2. The zero-order valence-electron chi connectivity index (χ0n) is 16.7. The minimum absolute atomic E-state index is 0.0354. The minimum atomic E-state index is -0.0354. The molecule has 0 unspecified atom stereocenters. The van der Waals surface area contributed by atoms with Gasteiger partial charge in [0.1, 0.15) is 5.82 Å². The Kier molecular flexibility index (Phi) is 4.52. The predicted octanol–water partition coefficient (Wildman–Crippen LogP) is 5.11. The molecule has 2 heterocycles. The average Bonchev–Trinajstić information content (AvgIpc) is 3.13. The number of rotatable bonds is 4. The molecule has 146 valence electrons. The van der Waals surface area contributed by atoms with Gasteiger partial charge in [0.05, 0.1) is 10.9 Å². The van der Waals surface area contributed by atoms with Gasteiger partial charge in [0.25, 0.3) is 5.56 Å². The van der Waals surface area contributed by atoms with Crippen molar-refractivity contribution in [2.24, 2.45) is 7.05 Å². The van der Waals surface area contributed by atoms with Crippen molar-refractivity contribution < 1.29 is 0 Å². The molecule has 0 saturated heterocycles. The summed E-state index contributed by atoms with van der Waals surface area (Å²) in [5.74, 6) is 0.638. The third kappa shape index (κ3) is 3.22. The summed E-state index contributed by atoms with van der Waals surface area (Å²) in [6.07, 6.45) is 6.12. The molecule has 5 aromatic rings. The lowest BCUT2D eigenvalue weighted by Gasteiger charge is -2.05. The van der Waals surface area contributed by atoms with E-state index in [1.165, 1.54) is 16.5 Å². The summed E-state index contributed by atoms with van der Waals surface area (Å²) in [5.41, 5.74) is 4.22. The van der Waals surface area contributed by atoms with Gasteiger partial charge < -0.3 is 4.57 Å².